The summed E-state index contributed by atoms with van der Waals surface area (Å²) in [5.74, 6) is -1.94. The van der Waals surface area contributed by atoms with Gasteiger partial charge in [-0.2, -0.15) is 0 Å². The van der Waals surface area contributed by atoms with E-state index >= 15 is 0 Å². The zero-order valence-electron chi connectivity index (χ0n) is 29.1. The molecule has 0 radical (unpaired) electrons. The van der Waals surface area contributed by atoms with Gasteiger partial charge in [0.1, 0.15) is 23.7 Å². The maximum absolute atomic E-state index is 13.9. The molecule has 0 unspecified atom stereocenters. The second-order valence-corrected chi connectivity index (χ2v) is 14.2. The van der Waals surface area contributed by atoms with E-state index in [1.54, 1.807) is 72.7 Å². The number of carbonyl (C=O) groups is 5. The van der Waals surface area contributed by atoms with Crippen molar-refractivity contribution in [3.63, 3.8) is 0 Å². The van der Waals surface area contributed by atoms with Gasteiger partial charge in [-0.25, -0.2) is 9.59 Å². The van der Waals surface area contributed by atoms with Crippen LogP contribution in [0.15, 0.2) is 48.5 Å². The van der Waals surface area contributed by atoms with Crippen LogP contribution in [-0.2, 0) is 36.7 Å². The summed E-state index contributed by atoms with van der Waals surface area (Å²) in [4.78, 5) is 67.0. The van der Waals surface area contributed by atoms with Crippen LogP contribution < -0.4 is 16.0 Å². The van der Waals surface area contributed by atoms with Crippen LogP contribution in [0.1, 0.15) is 94.4 Å². The molecule has 1 aliphatic carbocycles. The van der Waals surface area contributed by atoms with Crippen molar-refractivity contribution in [2.45, 2.75) is 104 Å². The SMILES string of the molecule is COC(=O)c1ccc(C[C@H](NC(=O)[C@@H](NC(=O)[C@H](C)N(C)C(=O)OC(C)(C)C)C(C)(C)C)C(=O)N[C@@H]2CCCc3ccccc32)cc1. The Labute approximate surface area is 278 Å². The van der Waals surface area contributed by atoms with Crippen molar-refractivity contribution < 1.29 is 33.4 Å². The molecule has 0 aliphatic heterocycles. The highest BCUT2D eigenvalue weighted by molar-refractivity contribution is 5.94. The van der Waals surface area contributed by atoms with Gasteiger partial charge >= 0.3 is 12.1 Å². The molecular formula is C36H50N4O7. The minimum Gasteiger partial charge on any atom is -0.465 e. The minimum atomic E-state index is -1.04. The first-order chi connectivity index (χ1) is 21.9. The number of carbonyl (C=O) groups excluding carboxylic acids is 5. The van der Waals surface area contributed by atoms with Crippen LogP contribution in [0.5, 0.6) is 0 Å². The standard InChI is InChI=1S/C36H50N4O7/c1-22(40(8)34(45)47-36(5,6)7)30(41)39-29(35(2,3)4)32(43)38-28(21-23-17-19-25(20-18-23)33(44)46-9)31(42)37-27-16-12-14-24-13-10-11-15-26(24)27/h10-11,13,15,17-20,22,27-29H,12,14,16,21H2,1-9H3,(H,37,42)(H,38,43)(H,39,41)/t22-,27+,28-,29+/m0/s1. The number of esters is 1. The lowest BCUT2D eigenvalue weighted by molar-refractivity contribution is -0.135. The number of nitrogens with one attached hydrogen (secondary N) is 3. The number of hydrogen-bond acceptors (Lipinski definition) is 7. The first-order valence-electron chi connectivity index (χ1n) is 16.0. The van der Waals surface area contributed by atoms with Crippen molar-refractivity contribution >= 4 is 29.8 Å². The molecule has 2 aromatic rings. The Bertz CT molecular complexity index is 1440. The number of rotatable bonds is 10. The maximum atomic E-state index is 13.9. The van der Waals surface area contributed by atoms with Gasteiger partial charge in [-0.05, 0) is 81.2 Å². The molecule has 11 heteroatoms. The van der Waals surface area contributed by atoms with Crippen LogP contribution in [0.4, 0.5) is 4.79 Å². The molecule has 0 saturated carbocycles. The second kappa shape index (κ2) is 15.5. The van der Waals surface area contributed by atoms with Gasteiger partial charge in [0, 0.05) is 13.5 Å². The number of aryl methyl sites for hydroxylation is 1. The quantitative estimate of drug-likeness (QED) is 0.322. The zero-order valence-corrected chi connectivity index (χ0v) is 29.1. The van der Waals surface area contributed by atoms with Gasteiger partial charge in [0.25, 0.3) is 0 Å². The Morgan fingerprint density at radius 1 is 0.894 bits per heavy atom. The number of fused-ring (bicyclic) bond motifs is 1. The van der Waals surface area contributed by atoms with E-state index < -0.39 is 53.0 Å². The predicted octanol–water partition coefficient (Wildman–Crippen LogP) is 4.48. The predicted molar refractivity (Wildman–Crippen MR) is 179 cm³/mol. The molecule has 4 atom stereocenters. The van der Waals surface area contributed by atoms with Gasteiger partial charge in [-0.15, -0.1) is 0 Å². The Balaban J connectivity index is 1.85. The molecular weight excluding hydrogens is 600 g/mol. The molecule has 0 heterocycles. The van der Waals surface area contributed by atoms with Gasteiger partial charge < -0.3 is 25.4 Å². The van der Waals surface area contributed by atoms with E-state index in [9.17, 15) is 24.0 Å². The molecule has 0 saturated heterocycles. The monoisotopic (exact) mass is 650 g/mol. The molecule has 0 bridgehead atoms. The van der Waals surface area contributed by atoms with E-state index in [4.69, 9.17) is 9.47 Å². The van der Waals surface area contributed by atoms with Crippen LogP contribution in [-0.4, -0.2) is 72.6 Å². The van der Waals surface area contributed by atoms with Gasteiger partial charge in [0.05, 0.1) is 18.7 Å². The topological polar surface area (TPSA) is 143 Å². The third-order valence-corrected chi connectivity index (χ3v) is 8.19. The number of amides is 4. The highest BCUT2D eigenvalue weighted by Crippen LogP contribution is 2.29. The number of benzene rings is 2. The highest BCUT2D eigenvalue weighted by atomic mass is 16.6. The Morgan fingerprint density at radius 2 is 1.53 bits per heavy atom. The molecule has 2 aromatic carbocycles. The van der Waals surface area contributed by atoms with Crippen molar-refractivity contribution in [2.75, 3.05) is 14.2 Å². The summed E-state index contributed by atoms with van der Waals surface area (Å²) < 4.78 is 10.2. The summed E-state index contributed by atoms with van der Waals surface area (Å²) in [6.07, 6.45) is 2.08. The molecule has 256 valence electrons. The third-order valence-electron chi connectivity index (χ3n) is 8.19. The van der Waals surface area contributed by atoms with E-state index in [1.165, 1.54) is 24.6 Å². The molecule has 4 amide bonds. The lowest BCUT2D eigenvalue weighted by Gasteiger charge is -2.34. The summed E-state index contributed by atoms with van der Waals surface area (Å²) in [6, 6.07) is 11.5. The summed E-state index contributed by atoms with van der Waals surface area (Å²) in [7, 11) is 2.76. The summed E-state index contributed by atoms with van der Waals surface area (Å²) in [5.41, 5.74) is 1.82. The second-order valence-electron chi connectivity index (χ2n) is 14.2. The van der Waals surface area contributed by atoms with Crippen molar-refractivity contribution in [3.05, 3.63) is 70.8 Å². The molecule has 47 heavy (non-hydrogen) atoms. The van der Waals surface area contributed by atoms with E-state index in [2.05, 4.69) is 22.0 Å². The average Bonchev–Trinajstić information content (AvgIpc) is 3.01. The van der Waals surface area contributed by atoms with Gasteiger partial charge in [-0.3, -0.25) is 19.3 Å². The smallest absolute Gasteiger partial charge is 0.410 e. The van der Waals surface area contributed by atoms with Crippen molar-refractivity contribution in [1.82, 2.24) is 20.9 Å². The first-order valence-corrected chi connectivity index (χ1v) is 16.0. The summed E-state index contributed by atoms with van der Waals surface area (Å²) >= 11 is 0. The fraction of sp³-hybridized carbons (Fsp3) is 0.528. The van der Waals surface area contributed by atoms with E-state index in [1.807, 2.05) is 18.2 Å². The van der Waals surface area contributed by atoms with Crippen LogP contribution in [0.3, 0.4) is 0 Å². The van der Waals surface area contributed by atoms with E-state index in [0.29, 0.717) is 11.1 Å². The number of ether oxygens (including phenoxy) is 2. The van der Waals surface area contributed by atoms with Gasteiger partial charge in [-0.1, -0.05) is 57.2 Å². The Hall–Kier alpha value is -4.41. The fourth-order valence-electron chi connectivity index (χ4n) is 5.38. The van der Waals surface area contributed by atoms with Gasteiger partial charge in [0.2, 0.25) is 17.7 Å². The number of nitrogens with zero attached hydrogens (tertiary/aromatic N) is 1. The largest absolute Gasteiger partial charge is 0.465 e. The lowest BCUT2D eigenvalue weighted by Crippen LogP contribution is -2.60. The molecule has 3 rings (SSSR count). The van der Waals surface area contributed by atoms with Crippen LogP contribution in [0, 0.1) is 5.41 Å². The zero-order chi connectivity index (χ0) is 35.1. The number of likely N-dealkylation sites (N-methyl/N-ethyl adjacent to an activating group) is 1. The van der Waals surface area contributed by atoms with Gasteiger partial charge in [0.15, 0.2) is 0 Å². The van der Waals surface area contributed by atoms with Crippen LogP contribution in [0.2, 0.25) is 0 Å². The number of methoxy groups -OCH3 is 1. The van der Waals surface area contributed by atoms with E-state index in [-0.39, 0.29) is 18.4 Å². The number of hydrogen-bond donors (Lipinski definition) is 3. The molecule has 11 nitrogen and oxygen atoms in total. The van der Waals surface area contributed by atoms with Crippen LogP contribution >= 0.6 is 0 Å². The Kier molecular flexibility index (Phi) is 12.2. The molecule has 1 aliphatic rings. The third kappa shape index (κ3) is 10.3. The molecule has 3 N–H and O–H groups in total. The summed E-state index contributed by atoms with van der Waals surface area (Å²) in [5, 5.41) is 8.85. The van der Waals surface area contributed by atoms with Crippen molar-refractivity contribution in [3.8, 4) is 0 Å². The molecule has 0 spiro atoms. The maximum Gasteiger partial charge on any atom is 0.410 e. The van der Waals surface area contributed by atoms with Crippen molar-refractivity contribution in [2.24, 2.45) is 5.41 Å². The van der Waals surface area contributed by atoms with Crippen molar-refractivity contribution in [1.29, 1.82) is 0 Å². The minimum absolute atomic E-state index is 0.135. The van der Waals surface area contributed by atoms with E-state index in [0.717, 1.165) is 24.8 Å². The normalized spacial score (nSPS) is 16.4. The fourth-order valence-corrected chi connectivity index (χ4v) is 5.38. The summed E-state index contributed by atoms with van der Waals surface area (Å²) in [6.45, 7) is 12.2. The lowest BCUT2D eigenvalue weighted by atomic mass is 9.85. The average molecular weight is 651 g/mol. The molecule has 0 aromatic heterocycles. The van der Waals surface area contributed by atoms with Crippen LogP contribution in [0.25, 0.3) is 0 Å². The Morgan fingerprint density at radius 3 is 2.13 bits per heavy atom. The molecule has 0 fully saturated rings. The first kappa shape index (κ1) is 37.1. The highest BCUT2D eigenvalue weighted by Gasteiger charge is 2.38.